The summed E-state index contributed by atoms with van der Waals surface area (Å²) >= 11 is 0. The summed E-state index contributed by atoms with van der Waals surface area (Å²) in [6.07, 6.45) is 9.94. The zero-order chi connectivity index (χ0) is 7.23. The van der Waals surface area contributed by atoms with Gasteiger partial charge in [0.1, 0.15) is 0 Å². The molecule has 1 aliphatic carbocycles. The molecule has 0 aliphatic heterocycles. The van der Waals surface area contributed by atoms with Crippen LogP contribution in [0.25, 0.3) is 0 Å². The van der Waals surface area contributed by atoms with Crippen LogP contribution in [-0.2, 0) is 0 Å². The standard InChI is InChI=1S/C8H16N2/c9-10-7-6-8-4-2-1-3-5-8/h7-8H,1-6,9H2/b10-7+. The molecule has 0 radical (unpaired) electrons. The van der Waals surface area contributed by atoms with E-state index in [0.29, 0.717) is 0 Å². The monoisotopic (exact) mass is 140 g/mol. The number of hydrazone groups is 1. The van der Waals surface area contributed by atoms with E-state index in [1.165, 1.54) is 32.1 Å². The van der Waals surface area contributed by atoms with Crippen molar-refractivity contribution in [3.8, 4) is 0 Å². The average Bonchev–Trinajstić information content (AvgIpc) is 2.03. The molecule has 1 aliphatic rings. The number of hydrogen-bond acceptors (Lipinski definition) is 2. The van der Waals surface area contributed by atoms with Crippen molar-refractivity contribution in [3.05, 3.63) is 0 Å². The molecule has 10 heavy (non-hydrogen) atoms. The van der Waals surface area contributed by atoms with Crippen LogP contribution in [0, 0.1) is 5.92 Å². The van der Waals surface area contributed by atoms with Gasteiger partial charge >= 0.3 is 0 Å². The van der Waals surface area contributed by atoms with Crippen molar-refractivity contribution in [3.63, 3.8) is 0 Å². The molecule has 0 aromatic rings. The molecule has 2 nitrogen and oxygen atoms in total. The molecule has 1 rings (SSSR count). The summed E-state index contributed by atoms with van der Waals surface area (Å²) in [5, 5.41) is 3.50. The summed E-state index contributed by atoms with van der Waals surface area (Å²) in [6, 6.07) is 0. The average molecular weight is 140 g/mol. The minimum atomic E-state index is 0.876. The Hall–Kier alpha value is -0.530. The Kier molecular flexibility index (Phi) is 3.27. The summed E-state index contributed by atoms with van der Waals surface area (Å²) < 4.78 is 0. The highest BCUT2D eigenvalue weighted by Gasteiger charge is 2.11. The van der Waals surface area contributed by atoms with Gasteiger partial charge in [-0.05, 0) is 12.3 Å². The minimum absolute atomic E-state index is 0.876. The van der Waals surface area contributed by atoms with Gasteiger partial charge in [0.05, 0.1) is 0 Å². The first kappa shape index (κ1) is 7.58. The van der Waals surface area contributed by atoms with Gasteiger partial charge < -0.3 is 5.84 Å². The van der Waals surface area contributed by atoms with Crippen LogP contribution in [0.2, 0.25) is 0 Å². The van der Waals surface area contributed by atoms with Crippen LogP contribution in [0.4, 0.5) is 0 Å². The number of nitrogens with zero attached hydrogens (tertiary/aromatic N) is 1. The largest absolute Gasteiger partial charge is 0.324 e. The summed E-state index contributed by atoms with van der Waals surface area (Å²) in [7, 11) is 0. The fourth-order valence-corrected chi connectivity index (χ4v) is 1.63. The Labute approximate surface area is 62.5 Å². The molecule has 58 valence electrons. The molecule has 0 saturated heterocycles. The third kappa shape index (κ3) is 2.38. The van der Waals surface area contributed by atoms with E-state index in [1.807, 2.05) is 6.21 Å². The second-order valence-corrected chi connectivity index (χ2v) is 3.07. The third-order valence-corrected chi connectivity index (χ3v) is 2.27. The van der Waals surface area contributed by atoms with Gasteiger partial charge in [0.2, 0.25) is 0 Å². The van der Waals surface area contributed by atoms with Crippen molar-refractivity contribution >= 4 is 6.21 Å². The lowest BCUT2D eigenvalue weighted by Gasteiger charge is -2.18. The lowest BCUT2D eigenvalue weighted by Crippen LogP contribution is -2.06. The van der Waals surface area contributed by atoms with Gasteiger partial charge in [-0.3, -0.25) is 0 Å². The zero-order valence-electron chi connectivity index (χ0n) is 6.42. The topological polar surface area (TPSA) is 38.4 Å². The molecule has 2 heteroatoms. The SMILES string of the molecule is N/N=C/CC1CCCCC1. The Balaban J connectivity index is 2.13. The predicted molar refractivity (Wildman–Crippen MR) is 43.9 cm³/mol. The zero-order valence-corrected chi connectivity index (χ0v) is 6.42. The first-order valence-electron chi connectivity index (χ1n) is 4.15. The molecular formula is C8H16N2. The van der Waals surface area contributed by atoms with Crippen LogP contribution >= 0.6 is 0 Å². The maximum Gasteiger partial charge on any atom is 0.0243 e. The summed E-state index contributed by atoms with van der Waals surface area (Å²) in [5.41, 5.74) is 0. The molecule has 0 heterocycles. The van der Waals surface area contributed by atoms with E-state index in [4.69, 9.17) is 5.84 Å². The van der Waals surface area contributed by atoms with Gasteiger partial charge in [0, 0.05) is 6.21 Å². The van der Waals surface area contributed by atoms with Crippen molar-refractivity contribution < 1.29 is 0 Å². The van der Waals surface area contributed by atoms with Crippen LogP contribution < -0.4 is 5.84 Å². The molecule has 0 spiro atoms. The molecule has 1 fully saturated rings. The van der Waals surface area contributed by atoms with Crippen molar-refractivity contribution in [2.24, 2.45) is 16.9 Å². The van der Waals surface area contributed by atoms with Gasteiger partial charge in [0.25, 0.3) is 0 Å². The van der Waals surface area contributed by atoms with Gasteiger partial charge in [0.15, 0.2) is 0 Å². The number of nitrogens with two attached hydrogens (primary N) is 1. The lowest BCUT2D eigenvalue weighted by atomic mass is 9.87. The molecule has 0 atom stereocenters. The van der Waals surface area contributed by atoms with Gasteiger partial charge in [-0.25, -0.2) is 0 Å². The van der Waals surface area contributed by atoms with E-state index in [1.54, 1.807) is 0 Å². The van der Waals surface area contributed by atoms with E-state index in [9.17, 15) is 0 Å². The normalized spacial score (nSPS) is 22.0. The lowest BCUT2D eigenvalue weighted by molar-refractivity contribution is 0.370. The van der Waals surface area contributed by atoms with Crippen LogP contribution in [0.5, 0.6) is 0 Å². The molecule has 0 amide bonds. The van der Waals surface area contributed by atoms with Crippen molar-refractivity contribution in [1.29, 1.82) is 0 Å². The molecule has 0 aromatic carbocycles. The van der Waals surface area contributed by atoms with E-state index in [-0.39, 0.29) is 0 Å². The van der Waals surface area contributed by atoms with Crippen LogP contribution in [-0.4, -0.2) is 6.21 Å². The smallest absolute Gasteiger partial charge is 0.0243 e. The first-order chi connectivity index (χ1) is 4.93. The molecule has 0 aromatic heterocycles. The van der Waals surface area contributed by atoms with E-state index in [2.05, 4.69) is 5.10 Å². The molecule has 1 saturated carbocycles. The summed E-state index contributed by atoms with van der Waals surface area (Å²) in [6.45, 7) is 0. The Morgan fingerprint density at radius 1 is 1.30 bits per heavy atom. The van der Waals surface area contributed by atoms with Crippen LogP contribution in [0.15, 0.2) is 5.10 Å². The maximum atomic E-state index is 5.02. The van der Waals surface area contributed by atoms with Gasteiger partial charge in [-0.2, -0.15) is 5.10 Å². The second kappa shape index (κ2) is 4.31. The fourth-order valence-electron chi connectivity index (χ4n) is 1.63. The number of rotatable bonds is 2. The van der Waals surface area contributed by atoms with Crippen molar-refractivity contribution in [2.75, 3.05) is 0 Å². The molecular weight excluding hydrogens is 124 g/mol. The minimum Gasteiger partial charge on any atom is -0.324 e. The Morgan fingerprint density at radius 3 is 2.60 bits per heavy atom. The van der Waals surface area contributed by atoms with Crippen molar-refractivity contribution in [1.82, 2.24) is 0 Å². The summed E-state index contributed by atoms with van der Waals surface area (Å²) in [5.74, 6) is 5.89. The van der Waals surface area contributed by atoms with E-state index < -0.39 is 0 Å². The second-order valence-electron chi connectivity index (χ2n) is 3.07. The quantitative estimate of drug-likeness (QED) is 0.355. The highest BCUT2D eigenvalue weighted by Crippen LogP contribution is 2.25. The highest BCUT2D eigenvalue weighted by molar-refractivity contribution is 5.56. The highest BCUT2D eigenvalue weighted by atomic mass is 15.1. The third-order valence-electron chi connectivity index (χ3n) is 2.27. The van der Waals surface area contributed by atoms with E-state index in [0.717, 1.165) is 12.3 Å². The van der Waals surface area contributed by atoms with Crippen molar-refractivity contribution in [2.45, 2.75) is 38.5 Å². The molecule has 0 bridgehead atoms. The Morgan fingerprint density at radius 2 is 2.00 bits per heavy atom. The van der Waals surface area contributed by atoms with Crippen LogP contribution in [0.3, 0.4) is 0 Å². The van der Waals surface area contributed by atoms with Gasteiger partial charge in [-0.15, -0.1) is 0 Å². The van der Waals surface area contributed by atoms with Gasteiger partial charge in [-0.1, -0.05) is 32.1 Å². The fraction of sp³-hybridized carbons (Fsp3) is 0.875. The first-order valence-corrected chi connectivity index (χ1v) is 4.15. The summed E-state index contributed by atoms with van der Waals surface area (Å²) in [4.78, 5) is 0. The number of hydrogen-bond donors (Lipinski definition) is 1. The van der Waals surface area contributed by atoms with Crippen LogP contribution in [0.1, 0.15) is 38.5 Å². The molecule has 0 unspecified atom stereocenters. The van der Waals surface area contributed by atoms with E-state index >= 15 is 0 Å². The molecule has 2 N–H and O–H groups in total. The Bertz CT molecular complexity index is 104. The predicted octanol–water partition coefficient (Wildman–Crippen LogP) is 1.90. The maximum absolute atomic E-state index is 5.02.